The van der Waals surface area contributed by atoms with E-state index in [-0.39, 0.29) is 0 Å². The molecule has 0 amide bonds. The fourth-order valence-corrected chi connectivity index (χ4v) is 2.73. The maximum Gasteiger partial charge on any atom is 0.0433 e. The second-order valence-electron chi connectivity index (χ2n) is 4.88. The highest BCUT2D eigenvalue weighted by Gasteiger charge is 2.19. The van der Waals surface area contributed by atoms with Crippen molar-refractivity contribution in [2.24, 2.45) is 5.92 Å². The van der Waals surface area contributed by atoms with Gasteiger partial charge in [-0.2, -0.15) is 0 Å². The molecule has 2 nitrogen and oxygen atoms in total. The van der Waals surface area contributed by atoms with Crippen LogP contribution in [0.5, 0.6) is 0 Å². The first kappa shape index (κ1) is 12.9. The minimum atomic E-state index is 0.335. The van der Waals surface area contributed by atoms with Gasteiger partial charge in [-0.3, -0.25) is 0 Å². The summed E-state index contributed by atoms with van der Waals surface area (Å²) in [7, 11) is 0. The van der Waals surface area contributed by atoms with Crippen LogP contribution in [0, 0.1) is 12.8 Å². The van der Waals surface area contributed by atoms with E-state index in [4.69, 9.17) is 5.11 Å². The van der Waals surface area contributed by atoms with E-state index in [2.05, 4.69) is 46.0 Å². The van der Waals surface area contributed by atoms with E-state index >= 15 is 0 Å². The van der Waals surface area contributed by atoms with Gasteiger partial charge in [0, 0.05) is 29.9 Å². The molecule has 1 aliphatic heterocycles. The van der Waals surface area contributed by atoms with E-state index < -0.39 is 0 Å². The molecule has 0 spiro atoms. The van der Waals surface area contributed by atoms with Crippen LogP contribution >= 0.6 is 15.9 Å². The third kappa shape index (κ3) is 3.23. The van der Waals surface area contributed by atoms with Crippen LogP contribution in [0.1, 0.15) is 24.8 Å². The van der Waals surface area contributed by atoms with Gasteiger partial charge in [-0.15, -0.1) is 0 Å². The Morgan fingerprint density at radius 3 is 2.65 bits per heavy atom. The lowest BCUT2D eigenvalue weighted by Gasteiger charge is -2.33. The molecule has 0 unspecified atom stereocenters. The average molecular weight is 298 g/mol. The predicted molar refractivity (Wildman–Crippen MR) is 75.5 cm³/mol. The lowest BCUT2D eigenvalue weighted by atomic mass is 9.93. The monoisotopic (exact) mass is 297 g/mol. The molecular weight excluding hydrogens is 278 g/mol. The largest absolute Gasteiger partial charge is 0.396 e. The van der Waals surface area contributed by atoms with Crippen molar-refractivity contribution in [2.75, 3.05) is 24.6 Å². The summed E-state index contributed by atoms with van der Waals surface area (Å²) in [4.78, 5) is 2.45. The molecule has 1 saturated heterocycles. The van der Waals surface area contributed by atoms with Gasteiger partial charge in [0.25, 0.3) is 0 Å². The molecular formula is C14H20BrNO. The Labute approximate surface area is 112 Å². The Bertz CT molecular complexity index is 372. The number of nitrogens with zero attached hydrogens (tertiary/aromatic N) is 1. The Morgan fingerprint density at radius 1 is 1.35 bits per heavy atom. The zero-order chi connectivity index (χ0) is 12.3. The number of rotatable bonds is 3. The highest BCUT2D eigenvalue weighted by molar-refractivity contribution is 9.10. The first-order valence-electron chi connectivity index (χ1n) is 6.32. The average Bonchev–Trinajstić information content (AvgIpc) is 2.34. The van der Waals surface area contributed by atoms with Crippen LogP contribution in [-0.4, -0.2) is 24.8 Å². The highest BCUT2D eigenvalue weighted by atomic mass is 79.9. The molecule has 1 N–H and O–H groups in total. The van der Waals surface area contributed by atoms with Crippen molar-refractivity contribution in [1.82, 2.24) is 0 Å². The number of hydrogen-bond acceptors (Lipinski definition) is 2. The number of aryl methyl sites for hydroxylation is 1. The first-order valence-corrected chi connectivity index (χ1v) is 7.12. The smallest absolute Gasteiger partial charge is 0.0433 e. The lowest BCUT2D eigenvalue weighted by Crippen LogP contribution is -2.33. The fourth-order valence-electron chi connectivity index (χ4n) is 2.49. The van der Waals surface area contributed by atoms with Crippen molar-refractivity contribution in [3.63, 3.8) is 0 Å². The van der Waals surface area contributed by atoms with E-state index in [9.17, 15) is 0 Å². The summed E-state index contributed by atoms with van der Waals surface area (Å²) in [6, 6.07) is 6.56. The van der Waals surface area contributed by atoms with Crippen LogP contribution in [0.25, 0.3) is 0 Å². The molecule has 3 heteroatoms. The second kappa shape index (κ2) is 5.87. The van der Waals surface area contributed by atoms with Crippen molar-refractivity contribution in [3.05, 3.63) is 28.2 Å². The Hall–Kier alpha value is -0.540. The minimum Gasteiger partial charge on any atom is -0.396 e. The Balaban J connectivity index is 1.98. The normalized spacial score (nSPS) is 17.5. The molecule has 0 bridgehead atoms. The molecule has 0 aromatic heterocycles. The topological polar surface area (TPSA) is 23.5 Å². The molecule has 0 atom stereocenters. The van der Waals surface area contributed by atoms with E-state index in [1.807, 2.05) is 0 Å². The third-order valence-corrected chi connectivity index (χ3v) is 4.55. The molecule has 1 aliphatic rings. The maximum absolute atomic E-state index is 8.95. The molecule has 0 saturated carbocycles. The number of piperidine rings is 1. The van der Waals surface area contributed by atoms with Crippen molar-refractivity contribution in [1.29, 1.82) is 0 Å². The molecule has 17 heavy (non-hydrogen) atoms. The van der Waals surface area contributed by atoms with Gasteiger partial charge in [0.1, 0.15) is 0 Å². The summed E-state index contributed by atoms with van der Waals surface area (Å²) in [6.07, 6.45) is 3.37. The van der Waals surface area contributed by atoms with Gasteiger partial charge in [-0.1, -0.05) is 15.9 Å². The molecule has 94 valence electrons. The fraction of sp³-hybridized carbons (Fsp3) is 0.571. The number of aliphatic hydroxyl groups is 1. The molecule has 0 aliphatic carbocycles. The molecule has 1 heterocycles. The zero-order valence-electron chi connectivity index (χ0n) is 10.3. The minimum absolute atomic E-state index is 0.335. The summed E-state index contributed by atoms with van der Waals surface area (Å²) in [5.41, 5.74) is 2.62. The molecule has 0 radical (unpaired) electrons. The van der Waals surface area contributed by atoms with Crippen LogP contribution in [0.4, 0.5) is 5.69 Å². The third-order valence-electron chi connectivity index (χ3n) is 3.66. The molecule has 1 aromatic carbocycles. The molecule has 1 fully saturated rings. The van der Waals surface area contributed by atoms with Crippen molar-refractivity contribution in [3.8, 4) is 0 Å². The Morgan fingerprint density at radius 2 is 2.06 bits per heavy atom. The molecule has 1 aromatic rings. The highest BCUT2D eigenvalue weighted by Crippen LogP contribution is 2.27. The van der Waals surface area contributed by atoms with Gasteiger partial charge in [-0.05, 0) is 55.9 Å². The lowest BCUT2D eigenvalue weighted by molar-refractivity contribution is 0.240. The van der Waals surface area contributed by atoms with Crippen LogP contribution in [0.3, 0.4) is 0 Å². The van der Waals surface area contributed by atoms with E-state index in [0.717, 1.165) is 19.5 Å². The SMILES string of the molecule is Cc1cc(N2CCC(CCO)CC2)ccc1Br. The molecule has 2 rings (SSSR count). The van der Waals surface area contributed by atoms with Crippen molar-refractivity contribution < 1.29 is 5.11 Å². The number of hydrogen-bond donors (Lipinski definition) is 1. The van der Waals surface area contributed by atoms with Crippen LogP contribution in [0.2, 0.25) is 0 Å². The first-order chi connectivity index (χ1) is 8.20. The van der Waals surface area contributed by atoms with Crippen LogP contribution in [-0.2, 0) is 0 Å². The van der Waals surface area contributed by atoms with Gasteiger partial charge in [0.15, 0.2) is 0 Å². The van der Waals surface area contributed by atoms with Gasteiger partial charge in [0.05, 0.1) is 0 Å². The van der Waals surface area contributed by atoms with Gasteiger partial charge in [-0.25, -0.2) is 0 Å². The maximum atomic E-state index is 8.95. The quantitative estimate of drug-likeness (QED) is 0.925. The summed E-state index contributed by atoms with van der Waals surface area (Å²) < 4.78 is 1.18. The summed E-state index contributed by atoms with van der Waals surface area (Å²) in [6.45, 7) is 4.70. The van der Waals surface area contributed by atoms with Crippen molar-refractivity contribution in [2.45, 2.75) is 26.2 Å². The number of benzene rings is 1. The zero-order valence-corrected chi connectivity index (χ0v) is 11.9. The van der Waals surface area contributed by atoms with Gasteiger partial charge < -0.3 is 10.0 Å². The summed E-state index contributed by atoms with van der Waals surface area (Å²) >= 11 is 3.54. The standard InChI is InChI=1S/C14H20BrNO/c1-11-10-13(2-3-14(11)15)16-7-4-12(5-8-16)6-9-17/h2-3,10,12,17H,4-9H2,1H3. The summed E-state index contributed by atoms with van der Waals surface area (Å²) in [5, 5.41) is 8.95. The van der Waals surface area contributed by atoms with Crippen LogP contribution in [0.15, 0.2) is 22.7 Å². The van der Waals surface area contributed by atoms with Gasteiger partial charge in [0.2, 0.25) is 0 Å². The number of aliphatic hydroxyl groups excluding tert-OH is 1. The van der Waals surface area contributed by atoms with E-state index in [1.54, 1.807) is 0 Å². The van der Waals surface area contributed by atoms with Gasteiger partial charge >= 0.3 is 0 Å². The van der Waals surface area contributed by atoms with E-state index in [0.29, 0.717) is 12.5 Å². The number of halogens is 1. The van der Waals surface area contributed by atoms with E-state index in [1.165, 1.54) is 28.6 Å². The number of anilines is 1. The van der Waals surface area contributed by atoms with Crippen LogP contribution < -0.4 is 4.90 Å². The Kier molecular flexibility index (Phi) is 4.46. The van der Waals surface area contributed by atoms with Crippen molar-refractivity contribution >= 4 is 21.6 Å². The second-order valence-corrected chi connectivity index (χ2v) is 5.73. The summed E-state index contributed by atoms with van der Waals surface area (Å²) in [5.74, 6) is 0.716. The predicted octanol–water partition coefficient (Wildman–Crippen LogP) is 3.36.